The number of hydrogen-bond donors (Lipinski definition) is 3. The quantitative estimate of drug-likeness (QED) is 0.0167. The molecule has 3 N–H and O–H groups in total. The summed E-state index contributed by atoms with van der Waals surface area (Å²) in [5.74, 6) is -2.46. The van der Waals surface area contributed by atoms with Crippen LogP contribution in [0.4, 0.5) is 19.5 Å². The first-order valence-electron chi connectivity index (χ1n) is 25.4. The van der Waals surface area contributed by atoms with Gasteiger partial charge in [-0.3, -0.25) is 14.9 Å². The summed E-state index contributed by atoms with van der Waals surface area (Å²) in [6.07, 6.45) is 2.43. The number of nitrogens with one attached hydrogen (secondary N) is 3. The molecule has 3 aliphatic heterocycles. The van der Waals surface area contributed by atoms with Gasteiger partial charge in [0.05, 0.1) is 29.8 Å². The number of hydrogen-bond acceptors (Lipinski definition) is 19. The average Bonchev–Trinajstić information content (AvgIpc) is 3.90. The van der Waals surface area contributed by atoms with Crippen LogP contribution >= 0.6 is 11.3 Å². The third kappa shape index (κ3) is 16.0. The first kappa shape index (κ1) is 60.6. The molecule has 6 rings (SSSR count). The number of esters is 1. The fourth-order valence-corrected chi connectivity index (χ4v) is 9.46. The van der Waals surface area contributed by atoms with Crippen LogP contribution in [0.25, 0.3) is 11.1 Å². The molecule has 78 heavy (non-hydrogen) atoms. The molecule has 27 heteroatoms. The highest BCUT2D eigenvalue weighted by atomic mass is 32.3. The zero-order valence-corrected chi connectivity index (χ0v) is 48.5. The number of benzene rings is 1. The van der Waals surface area contributed by atoms with Crippen LogP contribution in [0, 0.1) is 5.92 Å². The fourth-order valence-electron chi connectivity index (χ4n) is 8.33. The molecule has 1 aromatic carbocycles. The predicted octanol–water partition coefficient (Wildman–Crippen LogP) is 5.74. The van der Waals surface area contributed by atoms with Crippen molar-refractivity contribution in [2.45, 2.75) is 182 Å². The standard InChI is InChI=1S/C51H73N9O16S2/c1-46(2,3)71-41(63)51(15,75-56-37(34-29-77-42(53-34)55-44(65)73-48(7,8)9)39(61)54-38-40(62)60(50(38,13)14)76-78(67,68)69)36-20-18-32-23-31(17-19-35(32)70-36)33-27-58(22-16-21-52-43(64)72-47(4,5)6)59(28-33)26-30-24-57(25-30)45(66)74-49(10,11)12/h17,19,23,27-30,36,38H,16,18,20-22,24-26H2,1-15H3,(H3-,52,53,54,55,61,64,65,67,68,69)/b56-37-. The lowest BCUT2D eigenvalue weighted by Gasteiger charge is -2.51. The number of thiazole rings is 1. The molecule has 0 saturated carbocycles. The van der Waals surface area contributed by atoms with E-state index in [-0.39, 0.29) is 29.3 Å². The van der Waals surface area contributed by atoms with Crippen molar-refractivity contribution in [3.63, 3.8) is 0 Å². The van der Waals surface area contributed by atoms with Gasteiger partial charge in [0.25, 0.3) is 17.4 Å². The number of anilines is 1. The van der Waals surface area contributed by atoms with Gasteiger partial charge < -0.3 is 48.6 Å². The molecule has 2 aromatic heterocycles. The maximum absolute atomic E-state index is 14.4. The van der Waals surface area contributed by atoms with Crippen molar-refractivity contribution >= 4 is 68.6 Å². The lowest BCUT2D eigenvalue weighted by molar-refractivity contribution is -0.781. The van der Waals surface area contributed by atoms with Gasteiger partial charge >= 0.3 is 24.2 Å². The molecule has 3 unspecified atom stereocenters. The van der Waals surface area contributed by atoms with Gasteiger partial charge in [-0.05, 0) is 146 Å². The number of likely N-dealkylation sites (tertiary alicyclic amines) is 1. The molecule has 25 nitrogen and oxygen atoms in total. The zero-order chi connectivity index (χ0) is 58.1. The summed E-state index contributed by atoms with van der Waals surface area (Å²) in [5, 5.41) is 13.6. The van der Waals surface area contributed by atoms with Gasteiger partial charge in [-0.25, -0.2) is 32.6 Å². The molecule has 2 saturated heterocycles. The first-order valence-corrected chi connectivity index (χ1v) is 27.6. The van der Waals surface area contributed by atoms with E-state index in [1.54, 1.807) is 73.3 Å². The molecular weight excluding hydrogens is 1060 g/mol. The molecule has 5 heterocycles. The van der Waals surface area contributed by atoms with E-state index >= 15 is 0 Å². The lowest BCUT2D eigenvalue weighted by atomic mass is 9.84. The van der Waals surface area contributed by atoms with Crippen LogP contribution < -0.4 is 25.4 Å². The van der Waals surface area contributed by atoms with Crippen molar-refractivity contribution < 1.29 is 79.2 Å². The second kappa shape index (κ2) is 22.6. The molecule has 3 atom stereocenters. The number of aromatic nitrogens is 3. The summed E-state index contributed by atoms with van der Waals surface area (Å²) in [4.78, 5) is 91.6. The largest absolute Gasteiger partial charge is 0.724 e. The molecule has 0 bridgehead atoms. The second-order valence-corrected chi connectivity index (χ2v) is 25.8. The molecule has 0 radical (unpaired) electrons. The van der Waals surface area contributed by atoms with Crippen LogP contribution in [0.2, 0.25) is 0 Å². The van der Waals surface area contributed by atoms with E-state index in [1.165, 1.54) is 26.2 Å². The van der Waals surface area contributed by atoms with E-state index in [1.807, 2.05) is 45.3 Å². The number of rotatable bonds is 17. The van der Waals surface area contributed by atoms with Crippen LogP contribution in [0.5, 0.6) is 5.75 Å². The van der Waals surface area contributed by atoms with E-state index in [0.29, 0.717) is 56.4 Å². The van der Waals surface area contributed by atoms with E-state index in [4.69, 9.17) is 28.5 Å². The van der Waals surface area contributed by atoms with Gasteiger partial charge in [0.2, 0.25) is 16.6 Å². The van der Waals surface area contributed by atoms with Gasteiger partial charge in [-0.1, -0.05) is 11.2 Å². The number of fused-ring (bicyclic) bond motifs is 1. The molecule has 0 aliphatic carbocycles. The average molecular weight is 1130 g/mol. The maximum Gasteiger partial charge on any atom is 0.413 e. The Kier molecular flexibility index (Phi) is 17.6. The summed E-state index contributed by atoms with van der Waals surface area (Å²) >= 11 is 0.889. The fraction of sp³-hybridized carbons (Fsp3) is 0.627. The van der Waals surface area contributed by atoms with Crippen LogP contribution in [-0.2, 0) is 72.4 Å². The van der Waals surface area contributed by atoms with Crippen molar-refractivity contribution in [3.05, 3.63) is 47.2 Å². The summed E-state index contributed by atoms with van der Waals surface area (Å²) in [5.41, 5.74) is -4.97. The van der Waals surface area contributed by atoms with Crippen LogP contribution in [0.15, 0.2) is 41.1 Å². The highest BCUT2D eigenvalue weighted by Crippen LogP contribution is 2.38. The Morgan fingerprint density at radius 2 is 1.53 bits per heavy atom. The number of oxime groups is 1. The number of hydroxylamine groups is 2. The second-order valence-electron chi connectivity index (χ2n) is 24.0. The first-order chi connectivity index (χ1) is 35.8. The van der Waals surface area contributed by atoms with E-state index in [0.717, 1.165) is 28.0 Å². The SMILES string of the molecule is CC(C)(C)OC(=O)NCCCn1cc(-c2ccc3c(c2)CCC(C(C)(O/N=C(\C(=O)NC2C(=O)N(OS(=O)(=O)[O-])C2(C)C)c2csc(NC(=O)OC(C)(C)C)n2)C(=O)OC(C)(C)C)O3)c[n+]1CC1CN(C(=O)OC(C)(C)C)C1. The minimum atomic E-state index is -5.37. The topological polar surface area (TPSA) is 301 Å². The number of carbonyl (C=O) groups excluding carboxylic acids is 6. The van der Waals surface area contributed by atoms with Crippen molar-refractivity contribution in [1.82, 2.24) is 30.3 Å². The van der Waals surface area contributed by atoms with Gasteiger partial charge in [0.15, 0.2) is 23.5 Å². The monoisotopic (exact) mass is 1130 g/mol. The van der Waals surface area contributed by atoms with E-state index in [9.17, 15) is 41.7 Å². The molecule has 3 aliphatic rings. The smallest absolute Gasteiger partial charge is 0.413 e. The summed E-state index contributed by atoms with van der Waals surface area (Å²) in [6, 6.07) is 4.20. The van der Waals surface area contributed by atoms with Crippen molar-refractivity contribution in [2.24, 2.45) is 11.1 Å². The van der Waals surface area contributed by atoms with E-state index in [2.05, 4.69) is 39.7 Å². The number of amides is 5. The Morgan fingerprint density at radius 3 is 2.13 bits per heavy atom. The maximum atomic E-state index is 14.4. The molecule has 5 amide bonds. The van der Waals surface area contributed by atoms with Crippen LogP contribution in [-0.4, -0.2) is 140 Å². The minimum absolute atomic E-state index is 0.0227. The number of aryl methyl sites for hydroxylation is 2. The Morgan fingerprint density at radius 1 is 0.897 bits per heavy atom. The number of nitrogens with zero attached hydrogens (tertiary/aromatic N) is 6. The number of ether oxygens (including phenoxy) is 5. The van der Waals surface area contributed by atoms with Gasteiger partial charge in [0, 0.05) is 25.0 Å². The third-order valence-corrected chi connectivity index (χ3v) is 13.1. The van der Waals surface area contributed by atoms with Crippen LogP contribution in [0.1, 0.15) is 128 Å². The number of β-lactam (4-membered cyclic amide) rings is 1. The third-order valence-electron chi connectivity index (χ3n) is 12.0. The molecule has 3 aromatic rings. The summed E-state index contributed by atoms with van der Waals surface area (Å²) in [7, 11) is -5.37. The van der Waals surface area contributed by atoms with Crippen molar-refractivity contribution in [3.8, 4) is 16.9 Å². The Labute approximate surface area is 458 Å². The molecule has 430 valence electrons. The Bertz CT molecular complexity index is 2900. The van der Waals surface area contributed by atoms with Gasteiger partial charge in [-0.15, -0.1) is 16.0 Å². The van der Waals surface area contributed by atoms with Gasteiger partial charge in [0.1, 0.15) is 39.9 Å². The lowest BCUT2D eigenvalue weighted by Crippen LogP contribution is -2.76. The summed E-state index contributed by atoms with van der Waals surface area (Å²) < 4.78 is 71.4. The normalized spacial score (nSPS) is 18.7. The molecule has 0 spiro atoms. The minimum Gasteiger partial charge on any atom is -0.724 e. The number of alkyl carbamates (subject to hydrolysis) is 1. The summed E-state index contributed by atoms with van der Waals surface area (Å²) in [6.45, 7) is 27.5. The number of carbonyl (C=O) groups is 6. The highest BCUT2D eigenvalue weighted by Gasteiger charge is 2.58. The highest BCUT2D eigenvalue weighted by molar-refractivity contribution is 7.80. The van der Waals surface area contributed by atoms with Crippen molar-refractivity contribution in [1.29, 1.82) is 0 Å². The Balaban J connectivity index is 1.27. The predicted molar refractivity (Wildman–Crippen MR) is 280 cm³/mol. The molecular formula is C51H73N9O16S2. The zero-order valence-electron chi connectivity index (χ0n) is 46.9. The molecule has 2 fully saturated rings. The van der Waals surface area contributed by atoms with Gasteiger partial charge in [-0.2, -0.15) is 14.0 Å². The Hall–Kier alpha value is -6.58. The van der Waals surface area contributed by atoms with Crippen molar-refractivity contribution in [2.75, 3.05) is 25.0 Å². The van der Waals surface area contributed by atoms with E-state index < -0.39 is 91.8 Å². The van der Waals surface area contributed by atoms with Crippen LogP contribution in [0.3, 0.4) is 0 Å².